The fourth-order valence-electron chi connectivity index (χ4n) is 4.73. The zero-order chi connectivity index (χ0) is 26.9. The molecule has 1 fully saturated rings. The number of hydrogen-bond acceptors (Lipinski definition) is 6. The zero-order valence-corrected chi connectivity index (χ0v) is 20.5. The number of piperidine rings is 1. The normalized spacial score (nSPS) is 15.8. The van der Waals surface area contributed by atoms with Crippen molar-refractivity contribution in [2.45, 2.75) is 45.0 Å². The summed E-state index contributed by atoms with van der Waals surface area (Å²) in [6.45, 7) is 2.76. The first-order valence-electron chi connectivity index (χ1n) is 12.0. The molecule has 1 atom stereocenters. The summed E-state index contributed by atoms with van der Waals surface area (Å²) in [6, 6.07) is 2.00. The van der Waals surface area contributed by atoms with Gasteiger partial charge < -0.3 is 25.6 Å². The Morgan fingerprint density at radius 1 is 1.22 bits per heavy atom. The molecule has 0 unspecified atom stereocenters. The van der Waals surface area contributed by atoms with Crippen LogP contribution < -0.4 is 10.6 Å². The van der Waals surface area contributed by atoms with Gasteiger partial charge in [0.15, 0.2) is 0 Å². The number of likely N-dealkylation sites (tertiary alicyclic amines) is 1. The highest BCUT2D eigenvalue weighted by molar-refractivity contribution is 6.01. The van der Waals surface area contributed by atoms with Gasteiger partial charge in [-0.3, -0.25) is 14.6 Å². The van der Waals surface area contributed by atoms with Crippen LogP contribution in [0.1, 0.15) is 37.0 Å². The topological polar surface area (TPSA) is 128 Å². The molecule has 198 valence electrons. The van der Waals surface area contributed by atoms with Crippen LogP contribution in [-0.4, -0.2) is 74.7 Å². The van der Waals surface area contributed by atoms with Crippen molar-refractivity contribution in [1.82, 2.24) is 19.9 Å². The van der Waals surface area contributed by atoms with E-state index in [4.69, 9.17) is 5.73 Å². The number of rotatable bonds is 7. The number of carbonyl (C=O) groups excluding carboxylic acids is 2. The third-order valence-electron chi connectivity index (χ3n) is 6.50. The lowest BCUT2D eigenvalue weighted by Crippen LogP contribution is -2.51. The molecule has 0 spiro atoms. The predicted molar refractivity (Wildman–Crippen MR) is 132 cm³/mol. The molecule has 2 amide bonds. The molecular formula is C25H29F3N6O3. The number of halogens is 3. The molecule has 1 aliphatic rings. The minimum Gasteiger partial charge on any atom is -0.393 e. The van der Waals surface area contributed by atoms with Crippen LogP contribution in [0.4, 0.5) is 18.9 Å². The second-order valence-corrected chi connectivity index (χ2v) is 9.61. The number of amides is 2. The van der Waals surface area contributed by atoms with E-state index in [1.165, 1.54) is 24.7 Å². The average Bonchev–Trinajstić information content (AvgIpc) is 3.26. The van der Waals surface area contributed by atoms with Gasteiger partial charge in [-0.1, -0.05) is 13.8 Å². The maximum atomic E-state index is 13.5. The molecule has 0 bridgehead atoms. The van der Waals surface area contributed by atoms with Crippen LogP contribution >= 0.6 is 0 Å². The van der Waals surface area contributed by atoms with Crippen LogP contribution in [-0.2, 0) is 4.79 Å². The summed E-state index contributed by atoms with van der Waals surface area (Å²) in [5.41, 5.74) is 7.51. The number of aromatic nitrogens is 3. The Morgan fingerprint density at radius 2 is 1.92 bits per heavy atom. The number of hydrogen-bond donors (Lipinski definition) is 3. The van der Waals surface area contributed by atoms with E-state index in [1.807, 2.05) is 0 Å². The third-order valence-corrected chi connectivity index (χ3v) is 6.50. The molecule has 0 radical (unpaired) electrons. The number of pyridine rings is 2. The van der Waals surface area contributed by atoms with Crippen LogP contribution in [0, 0.1) is 5.92 Å². The number of anilines is 1. The quantitative estimate of drug-likeness (QED) is 0.441. The van der Waals surface area contributed by atoms with Gasteiger partial charge >= 0.3 is 6.18 Å². The lowest BCUT2D eigenvalue weighted by atomic mass is 10.00. The monoisotopic (exact) mass is 518 g/mol. The van der Waals surface area contributed by atoms with Crippen LogP contribution in [0.3, 0.4) is 0 Å². The number of primary amides is 1. The van der Waals surface area contributed by atoms with Crippen molar-refractivity contribution < 1.29 is 27.9 Å². The number of fused-ring (bicyclic) bond motifs is 1. The van der Waals surface area contributed by atoms with Gasteiger partial charge in [-0.05, 0) is 30.9 Å². The number of nitrogens with two attached hydrogens (primary N) is 1. The van der Waals surface area contributed by atoms with Crippen LogP contribution in [0.2, 0.25) is 0 Å². The lowest BCUT2D eigenvalue weighted by molar-refractivity contribution is -0.126. The smallest absolute Gasteiger partial charge is 0.393 e. The Hall–Kier alpha value is -3.67. The first-order valence-corrected chi connectivity index (χ1v) is 12.0. The number of aromatic amines is 1. The van der Waals surface area contributed by atoms with Crippen molar-refractivity contribution in [3.8, 4) is 11.1 Å². The van der Waals surface area contributed by atoms with Gasteiger partial charge in [0, 0.05) is 48.2 Å². The Bertz CT molecular complexity index is 1280. The third kappa shape index (κ3) is 5.85. The van der Waals surface area contributed by atoms with E-state index in [1.54, 1.807) is 31.0 Å². The highest BCUT2D eigenvalue weighted by atomic mass is 19.4. The van der Waals surface area contributed by atoms with Gasteiger partial charge in [0.25, 0.3) is 5.91 Å². The molecule has 12 heteroatoms. The molecule has 0 aliphatic carbocycles. The highest BCUT2D eigenvalue weighted by Gasteiger charge is 2.37. The van der Waals surface area contributed by atoms with E-state index in [9.17, 15) is 27.9 Å². The molecule has 0 saturated carbocycles. The van der Waals surface area contributed by atoms with Crippen LogP contribution in [0.15, 0.2) is 36.9 Å². The first-order chi connectivity index (χ1) is 17.4. The van der Waals surface area contributed by atoms with E-state index in [0.29, 0.717) is 53.7 Å². The number of H-pyrrole nitrogens is 1. The Kier molecular flexibility index (Phi) is 7.39. The molecule has 9 nitrogen and oxygen atoms in total. The highest BCUT2D eigenvalue weighted by Crippen LogP contribution is 2.33. The second kappa shape index (κ2) is 10.4. The van der Waals surface area contributed by atoms with Crippen molar-refractivity contribution in [2.75, 3.05) is 24.5 Å². The van der Waals surface area contributed by atoms with Crippen molar-refractivity contribution in [2.24, 2.45) is 11.7 Å². The first kappa shape index (κ1) is 26.4. The minimum absolute atomic E-state index is 0.0914. The van der Waals surface area contributed by atoms with Gasteiger partial charge in [-0.2, -0.15) is 13.2 Å². The molecule has 4 heterocycles. The Morgan fingerprint density at radius 3 is 2.54 bits per heavy atom. The number of aliphatic hydroxyl groups excluding tert-OH is 1. The fourth-order valence-corrected chi connectivity index (χ4v) is 4.73. The summed E-state index contributed by atoms with van der Waals surface area (Å²) >= 11 is 0. The van der Waals surface area contributed by atoms with E-state index >= 15 is 0 Å². The maximum Gasteiger partial charge on any atom is 0.405 e. The molecule has 3 aromatic rings. The number of carbonyl (C=O) groups is 2. The van der Waals surface area contributed by atoms with E-state index in [2.05, 4.69) is 15.0 Å². The lowest BCUT2D eigenvalue weighted by Gasteiger charge is -2.34. The fraction of sp³-hybridized carbons (Fsp3) is 0.440. The summed E-state index contributed by atoms with van der Waals surface area (Å²) in [7, 11) is 0. The maximum absolute atomic E-state index is 13.5. The number of nitrogens with one attached hydrogen (secondary N) is 1. The molecule has 37 heavy (non-hydrogen) atoms. The van der Waals surface area contributed by atoms with Gasteiger partial charge in [0.05, 0.1) is 23.6 Å². The molecule has 4 rings (SSSR count). The minimum atomic E-state index is -4.58. The summed E-state index contributed by atoms with van der Waals surface area (Å²) < 4.78 is 40.4. The number of alkyl halides is 3. The zero-order valence-electron chi connectivity index (χ0n) is 20.5. The van der Waals surface area contributed by atoms with Crippen molar-refractivity contribution >= 4 is 28.5 Å². The molecular weight excluding hydrogens is 489 g/mol. The molecule has 0 aromatic carbocycles. The summed E-state index contributed by atoms with van der Waals surface area (Å²) in [5.74, 6) is -1.56. The molecule has 1 saturated heterocycles. The SMILES string of the molecule is CC(C)[C@H](C(N)=O)N(CC(F)(F)F)c1cncc(-c2c[nH]c3ncc(C(=O)N4CCC(O)CC4)cc23)c1. The van der Waals surface area contributed by atoms with Crippen molar-refractivity contribution in [3.63, 3.8) is 0 Å². The molecule has 1 aliphatic heterocycles. The Labute approximate surface area is 211 Å². The molecule has 3 aromatic heterocycles. The van der Waals surface area contributed by atoms with Gasteiger partial charge in [0.2, 0.25) is 5.91 Å². The largest absolute Gasteiger partial charge is 0.405 e. The molecule has 4 N–H and O–H groups in total. The van der Waals surface area contributed by atoms with E-state index in [0.717, 1.165) is 4.90 Å². The predicted octanol–water partition coefficient (Wildman–Crippen LogP) is 3.10. The summed E-state index contributed by atoms with van der Waals surface area (Å²) in [6.07, 6.45) is 1.89. The van der Waals surface area contributed by atoms with Gasteiger partial charge in [-0.15, -0.1) is 0 Å². The van der Waals surface area contributed by atoms with E-state index in [-0.39, 0.29) is 11.6 Å². The van der Waals surface area contributed by atoms with Gasteiger partial charge in [-0.25, -0.2) is 4.98 Å². The average molecular weight is 519 g/mol. The van der Waals surface area contributed by atoms with Gasteiger partial charge in [0.1, 0.15) is 18.2 Å². The van der Waals surface area contributed by atoms with Crippen molar-refractivity contribution in [1.29, 1.82) is 0 Å². The Balaban J connectivity index is 1.72. The van der Waals surface area contributed by atoms with Crippen LogP contribution in [0.5, 0.6) is 0 Å². The standard InChI is InChI=1S/C25H29F3N6O3/c1-14(2)21(22(29)36)34(13-25(26,27)28)17-7-15(9-30-11-17)20-12-32-23-19(20)8-16(10-31-23)24(37)33-5-3-18(35)4-6-33/h7-12,14,18,21,35H,3-6,13H2,1-2H3,(H2,29,36)(H,31,32)/t21-/m1/s1. The number of nitrogens with zero attached hydrogens (tertiary/aromatic N) is 4. The summed E-state index contributed by atoms with van der Waals surface area (Å²) in [4.78, 5) is 39.2. The van der Waals surface area contributed by atoms with Crippen molar-refractivity contribution in [3.05, 3.63) is 42.5 Å². The second-order valence-electron chi connectivity index (χ2n) is 9.61. The summed E-state index contributed by atoms with van der Waals surface area (Å²) in [5, 5.41) is 10.3. The van der Waals surface area contributed by atoms with E-state index < -0.39 is 36.7 Å². The number of aliphatic hydroxyl groups is 1. The van der Waals surface area contributed by atoms with Crippen LogP contribution in [0.25, 0.3) is 22.2 Å².